The van der Waals surface area contributed by atoms with Crippen LogP contribution in [0.1, 0.15) is 23.7 Å². The van der Waals surface area contributed by atoms with Crippen molar-refractivity contribution in [3.8, 4) is 0 Å². The van der Waals surface area contributed by atoms with Gasteiger partial charge in [-0.1, -0.05) is 37.8 Å². The Bertz CT molecular complexity index is 1130. The first-order valence-corrected chi connectivity index (χ1v) is 11.2. The van der Waals surface area contributed by atoms with Gasteiger partial charge < -0.3 is 14.6 Å². The maximum absolute atomic E-state index is 13.2. The Morgan fingerprint density at radius 1 is 1.16 bits per heavy atom. The van der Waals surface area contributed by atoms with Crippen LogP contribution in [0, 0.1) is 5.92 Å². The predicted molar refractivity (Wildman–Crippen MR) is 124 cm³/mol. The van der Waals surface area contributed by atoms with Crippen molar-refractivity contribution in [1.82, 2.24) is 19.6 Å². The molecule has 1 fully saturated rings. The molecule has 2 aliphatic heterocycles. The molecule has 1 N–H and O–H groups in total. The molecule has 168 valence electrons. The number of halogens is 2. The number of alkyl halides is 2. The van der Waals surface area contributed by atoms with E-state index < -0.39 is 5.92 Å². The van der Waals surface area contributed by atoms with Crippen molar-refractivity contribution in [1.29, 1.82) is 0 Å². The number of fused-ring (bicyclic) bond motifs is 2. The second kappa shape index (κ2) is 8.20. The van der Waals surface area contributed by atoms with E-state index in [2.05, 4.69) is 53.0 Å². The van der Waals surface area contributed by atoms with Crippen molar-refractivity contribution >= 4 is 17.0 Å². The fourth-order valence-electron chi connectivity index (χ4n) is 4.61. The highest BCUT2D eigenvalue weighted by Gasteiger charge is 2.44. The van der Waals surface area contributed by atoms with Crippen molar-refractivity contribution in [3.63, 3.8) is 0 Å². The van der Waals surface area contributed by atoms with Crippen molar-refractivity contribution in [3.05, 3.63) is 72.2 Å². The summed E-state index contributed by atoms with van der Waals surface area (Å²) in [7, 11) is 0. The molecule has 1 unspecified atom stereocenters. The fraction of sp³-hybridized carbons (Fsp3) is 0.400. The third-order valence-corrected chi connectivity index (χ3v) is 6.40. The van der Waals surface area contributed by atoms with Crippen molar-refractivity contribution in [2.75, 3.05) is 37.6 Å². The molecular weight excluding hydrogens is 408 g/mol. The first-order chi connectivity index (χ1) is 15.4. The van der Waals surface area contributed by atoms with Gasteiger partial charge in [0.15, 0.2) is 0 Å². The summed E-state index contributed by atoms with van der Waals surface area (Å²) in [6, 6.07) is 12.4. The molecule has 1 atom stereocenters. The summed E-state index contributed by atoms with van der Waals surface area (Å²) >= 11 is 0. The number of rotatable bonds is 7. The molecule has 1 aromatic carbocycles. The van der Waals surface area contributed by atoms with Crippen LogP contribution in [0.4, 0.5) is 14.5 Å². The third kappa shape index (κ3) is 4.35. The number of pyridine rings is 1. The van der Waals surface area contributed by atoms with Crippen LogP contribution in [0.5, 0.6) is 0 Å². The molecule has 0 spiro atoms. The zero-order chi connectivity index (χ0) is 22.3. The van der Waals surface area contributed by atoms with Crippen molar-refractivity contribution in [2.24, 2.45) is 5.92 Å². The van der Waals surface area contributed by atoms with Crippen LogP contribution in [0.3, 0.4) is 0 Å². The zero-order valence-corrected chi connectivity index (χ0v) is 18.4. The number of anilines is 1. The highest BCUT2D eigenvalue weighted by atomic mass is 19.3. The number of imidazole rings is 1. The Balaban J connectivity index is 1.15. The van der Waals surface area contributed by atoms with Crippen LogP contribution in [-0.2, 0) is 13.0 Å². The first-order valence-electron chi connectivity index (χ1n) is 11.2. The molecule has 32 heavy (non-hydrogen) atoms. The fourth-order valence-corrected chi connectivity index (χ4v) is 4.61. The van der Waals surface area contributed by atoms with Gasteiger partial charge in [0, 0.05) is 38.6 Å². The smallest absolute Gasteiger partial charge is 0.282 e. The number of benzene rings is 1. The third-order valence-electron chi connectivity index (χ3n) is 6.40. The highest BCUT2D eigenvalue weighted by Crippen LogP contribution is 2.31. The summed E-state index contributed by atoms with van der Waals surface area (Å²) in [5.41, 5.74) is 6.02. The SMILES string of the molecule is C=C(NCC(C)CN1CCc2ccccc2C1)c1cn2cc(N3CC(F)(F)C3)ccc2n1. The zero-order valence-electron chi connectivity index (χ0n) is 18.4. The minimum absolute atomic E-state index is 0.227. The molecule has 0 radical (unpaired) electrons. The standard InChI is InChI=1S/C25H29F2N5/c1-18(12-30-10-9-20-5-3-4-6-21(20)13-30)11-28-19(2)23-15-31-14-22(7-8-24(31)29-23)32-16-25(26,27)17-32/h3-8,14-15,18,28H,2,9-13,16-17H2,1H3. The molecule has 0 bridgehead atoms. The lowest BCUT2D eigenvalue weighted by Crippen LogP contribution is -2.56. The number of aromatic nitrogens is 2. The van der Waals surface area contributed by atoms with E-state index >= 15 is 0 Å². The molecule has 0 aliphatic carbocycles. The molecule has 4 heterocycles. The Kier molecular flexibility index (Phi) is 5.37. The minimum atomic E-state index is -2.58. The van der Waals surface area contributed by atoms with Crippen LogP contribution in [-0.4, -0.2) is 52.9 Å². The molecule has 7 heteroatoms. The van der Waals surface area contributed by atoms with Gasteiger partial charge in [-0.15, -0.1) is 0 Å². The second-order valence-corrected chi connectivity index (χ2v) is 9.21. The minimum Gasteiger partial charge on any atom is -0.383 e. The van der Waals surface area contributed by atoms with Gasteiger partial charge in [-0.25, -0.2) is 13.8 Å². The maximum Gasteiger partial charge on any atom is 0.282 e. The molecule has 0 amide bonds. The quantitative estimate of drug-likeness (QED) is 0.605. The summed E-state index contributed by atoms with van der Waals surface area (Å²) in [4.78, 5) is 8.82. The Hall–Kier alpha value is -2.93. The lowest BCUT2D eigenvalue weighted by molar-refractivity contribution is -0.0262. The molecule has 2 aromatic heterocycles. The number of nitrogens with zero attached hydrogens (tertiary/aromatic N) is 4. The van der Waals surface area contributed by atoms with Gasteiger partial charge in [0.05, 0.1) is 24.5 Å². The van der Waals surface area contributed by atoms with Crippen molar-refractivity contribution in [2.45, 2.75) is 25.8 Å². The van der Waals surface area contributed by atoms with Gasteiger partial charge in [-0.05, 0) is 35.6 Å². The van der Waals surface area contributed by atoms with Crippen LogP contribution in [0.15, 0.2) is 55.4 Å². The lowest BCUT2D eigenvalue weighted by atomic mass is 9.99. The van der Waals surface area contributed by atoms with E-state index in [0.29, 0.717) is 5.92 Å². The molecule has 0 saturated carbocycles. The number of nitrogens with one attached hydrogen (secondary N) is 1. The van der Waals surface area contributed by atoms with Gasteiger partial charge >= 0.3 is 0 Å². The molecule has 5 rings (SSSR count). The van der Waals surface area contributed by atoms with E-state index in [1.165, 1.54) is 11.1 Å². The second-order valence-electron chi connectivity index (χ2n) is 9.21. The summed E-state index contributed by atoms with van der Waals surface area (Å²) in [6.07, 6.45) is 4.87. The van der Waals surface area contributed by atoms with Gasteiger partial charge in [0.1, 0.15) is 11.3 Å². The summed E-state index contributed by atoms with van der Waals surface area (Å²) in [5, 5.41) is 3.43. The summed E-state index contributed by atoms with van der Waals surface area (Å²) in [5.74, 6) is -2.12. The molecule has 2 aliphatic rings. The van der Waals surface area contributed by atoms with Crippen LogP contribution in [0.2, 0.25) is 0 Å². The van der Waals surface area contributed by atoms with Crippen molar-refractivity contribution < 1.29 is 8.78 Å². The van der Waals surface area contributed by atoms with E-state index in [9.17, 15) is 8.78 Å². The van der Waals surface area contributed by atoms with Gasteiger partial charge in [0.2, 0.25) is 0 Å². The van der Waals surface area contributed by atoms with E-state index in [0.717, 1.165) is 55.3 Å². The van der Waals surface area contributed by atoms with Crippen LogP contribution in [0.25, 0.3) is 11.3 Å². The van der Waals surface area contributed by atoms with E-state index in [1.807, 2.05) is 28.9 Å². The average Bonchev–Trinajstić information content (AvgIpc) is 3.19. The monoisotopic (exact) mass is 437 g/mol. The largest absolute Gasteiger partial charge is 0.383 e. The topological polar surface area (TPSA) is 35.8 Å². The summed E-state index contributed by atoms with van der Waals surface area (Å²) in [6.45, 7) is 9.92. The van der Waals surface area contributed by atoms with Crippen LogP contribution < -0.4 is 10.2 Å². The lowest BCUT2D eigenvalue weighted by Gasteiger charge is -2.40. The Labute approximate surface area is 187 Å². The molecular formula is C25H29F2N5. The van der Waals surface area contributed by atoms with Gasteiger partial charge in [0.25, 0.3) is 5.92 Å². The Morgan fingerprint density at radius 2 is 1.94 bits per heavy atom. The normalized spacial score (nSPS) is 18.8. The average molecular weight is 438 g/mol. The summed E-state index contributed by atoms with van der Waals surface area (Å²) < 4.78 is 28.2. The van der Waals surface area contributed by atoms with E-state index in [4.69, 9.17) is 0 Å². The van der Waals surface area contributed by atoms with Gasteiger partial charge in [-0.3, -0.25) is 4.90 Å². The van der Waals surface area contributed by atoms with E-state index in [1.54, 1.807) is 4.90 Å². The maximum atomic E-state index is 13.2. The molecule has 5 nitrogen and oxygen atoms in total. The molecule has 3 aromatic rings. The predicted octanol–water partition coefficient (Wildman–Crippen LogP) is 4.04. The molecule has 1 saturated heterocycles. The Morgan fingerprint density at radius 3 is 2.72 bits per heavy atom. The first kappa shape index (κ1) is 20.9. The highest BCUT2D eigenvalue weighted by molar-refractivity contribution is 5.63. The van der Waals surface area contributed by atoms with E-state index in [-0.39, 0.29) is 13.1 Å². The number of hydrogen-bond acceptors (Lipinski definition) is 4. The van der Waals surface area contributed by atoms with Gasteiger partial charge in [-0.2, -0.15) is 0 Å². The number of hydrogen-bond donors (Lipinski definition) is 1. The van der Waals surface area contributed by atoms with Crippen LogP contribution >= 0.6 is 0 Å².